The third kappa shape index (κ3) is 1.22. The molecule has 1 radical (unpaired) electrons. The molecule has 2 heteroatoms. The fourth-order valence-corrected chi connectivity index (χ4v) is 0.839. The molecular weight excluding hydrogens is 102 g/mol. The van der Waals surface area contributed by atoms with Gasteiger partial charge in [-0.05, 0) is 18.8 Å². The van der Waals surface area contributed by atoms with Crippen LogP contribution in [0.15, 0.2) is 0 Å². The molecule has 1 saturated carbocycles. The average Bonchev–Trinajstić information content (AvgIpc) is 1.55. The van der Waals surface area contributed by atoms with Crippen LogP contribution in [0.2, 0.25) is 0 Å². The van der Waals surface area contributed by atoms with Gasteiger partial charge in [0, 0.05) is 0 Å². The molecule has 0 aromatic heterocycles. The van der Waals surface area contributed by atoms with Crippen molar-refractivity contribution in [2.75, 3.05) is 0 Å². The first-order valence-corrected chi connectivity index (χ1v) is 2.93. The summed E-state index contributed by atoms with van der Waals surface area (Å²) in [5.74, 6) is 0.238. The Balaban J connectivity index is 2.09. The Morgan fingerprint density at radius 3 is 2.38 bits per heavy atom. The highest BCUT2D eigenvalue weighted by molar-refractivity contribution is 5.83. The summed E-state index contributed by atoms with van der Waals surface area (Å²) >= 11 is 0. The molecule has 45 valence electrons. The van der Waals surface area contributed by atoms with Gasteiger partial charge in [0.05, 0.1) is 6.42 Å². The van der Waals surface area contributed by atoms with Crippen LogP contribution in [0, 0.1) is 12.3 Å². The molecule has 0 spiro atoms. The first-order chi connectivity index (χ1) is 3.79. The maximum Gasteiger partial charge on any atom is 0.221 e. The van der Waals surface area contributed by atoms with E-state index >= 15 is 0 Å². The Bertz CT molecular complexity index is 96.7. The van der Waals surface area contributed by atoms with E-state index in [-0.39, 0.29) is 5.91 Å². The zero-order valence-electron chi connectivity index (χ0n) is 4.76. The maximum absolute atomic E-state index is 10.2. The number of rotatable bonds is 2. The predicted octanol–water partition coefficient (Wildman–Crippen LogP) is 0.476. The standard InChI is InChI=1S/C6H10NO/c7-6(8)4-5-2-1-3-5/h4-5H,1-3H2,(H2,7,8). The molecule has 0 aliphatic heterocycles. The number of nitrogens with two attached hydrogens (primary N) is 1. The van der Waals surface area contributed by atoms with Gasteiger partial charge >= 0.3 is 0 Å². The summed E-state index contributed by atoms with van der Waals surface area (Å²) in [4.78, 5) is 10.2. The van der Waals surface area contributed by atoms with Crippen LogP contribution in [-0.4, -0.2) is 5.91 Å². The van der Waals surface area contributed by atoms with Gasteiger partial charge in [0.1, 0.15) is 0 Å². The molecular formula is C6H10NO. The van der Waals surface area contributed by atoms with Crippen molar-refractivity contribution >= 4 is 5.91 Å². The molecule has 0 saturated heterocycles. The van der Waals surface area contributed by atoms with Crippen LogP contribution in [0.25, 0.3) is 0 Å². The second-order valence-electron chi connectivity index (χ2n) is 2.26. The monoisotopic (exact) mass is 112 g/mol. The summed E-state index contributed by atoms with van der Waals surface area (Å²) in [6.45, 7) is 0. The summed E-state index contributed by atoms with van der Waals surface area (Å²) in [6.07, 6.45) is 5.18. The van der Waals surface area contributed by atoms with Crippen LogP contribution in [-0.2, 0) is 4.79 Å². The van der Waals surface area contributed by atoms with Crippen molar-refractivity contribution in [2.45, 2.75) is 19.3 Å². The molecule has 1 aliphatic rings. The lowest BCUT2D eigenvalue weighted by molar-refractivity contribution is -0.115. The van der Waals surface area contributed by atoms with E-state index in [2.05, 4.69) is 0 Å². The fourth-order valence-electron chi connectivity index (χ4n) is 0.839. The van der Waals surface area contributed by atoms with Crippen LogP contribution < -0.4 is 5.73 Å². The van der Waals surface area contributed by atoms with Gasteiger partial charge in [-0.15, -0.1) is 0 Å². The second-order valence-corrected chi connectivity index (χ2v) is 2.26. The van der Waals surface area contributed by atoms with Crippen LogP contribution >= 0.6 is 0 Å². The highest BCUT2D eigenvalue weighted by atomic mass is 16.1. The van der Waals surface area contributed by atoms with Crippen molar-refractivity contribution < 1.29 is 4.79 Å². The Hall–Kier alpha value is -0.530. The number of primary amides is 1. The summed E-state index contributed by atoms with van der Waals surface area (Å²) in [5.41, 5.74) is 4.91. The third-order valence-corrected chi connectivity index (χ3v) is 1.55. The molecule has 2 nitrogen and oxygen atoms in total. The zero-order chi connectivity index (χ0) is 5.98. The molecule has 1 aliphatic carbocycles. The van der Waals surface area contributed by atoms with E-state index in [1.165, 1.54) is 6.42 Å². The molecule has 0 aromatic carbocycles. The van der Waals surface area contributed by atoms with Crippen LogP contribution in [0.4, 0.5) is 0 Å². The van der Waals surface area contributed by atoms with E-state index in [1.807, 2.05) is 0 Å². The molecule has 1 fully saturated rings. The lowest BCUT2D eigenvalue weighted by Gasteiger charge is -2.22. The van der Waals surface area contributed by atoms with Gasteiger partial charge in [0.15, 0.2) is 0 Å². The van der Waals surface area contributed by atoms with Crippen molar-refractivity contribution in [3.8, 4) is 0 Å². The van der Waals surface area contributed by atoms with Crippen LogP contribution in [0.3, 0.4) is 0 Å². The number of carbonyl (C=O) groups is 1. The minimum absolute atomic E-state index is 0.269. The van der Waals surface area contributed by atoms with E-state index < -0.39 is 0 Å². The normalized spacial score (nSPS) is 20.0. The summed E-state index contributed by atoms with van der Waals surface area (Å²) in [5, 5.41) is 0. The Labute approximate surface area is 49.1 Å². The molecule has 0 aromatic rings. The van der Waals surface area contributed by atoms with E-state index in [9.17, 15) is 4.79 Å². The van der Waals surface area contributed by atoms with Crippen molar-refractivity contribution in [3.05, 3.63) is 6.42 Å². The number of hydrogen-bond donors (Lipinski definition) is 1. The van der Waals surface area contributed by atoms with E-state index in [0.29, 0.717) is 5.92 Å². The van der Waals surface area contributed by atoms with Crippen molar-refractivity contribution in [3.63, 3.8) is 0 Å². The first-order valence-electron chi connectivity index (χ1n) is 2.93. The molecule has 0 bridgehead atoms. The quantitative estimate of drug-likeness (QED) is 0.554. The van der Waals surface area contributed by atoms with Crippen LogP contribution in [0.1, 0.15) is 19.3 Å². The van der Waals surface area contributed by atoms with Gasteiger partial charge in [0.25, 0.3) is 0 Å². The van der Waals surface area contributed by atoms with E-state index in [0.717, 1.165) is 12.8 Å². The third-order valence-electron chi connectivity index (χ3n) is 1.55. The van der Waals surface area contributed by atoms with Crippen molar-refractivity contribution in [1.29, 1.82) is 0 Å². The highest BCUT2D eigenvalue weighted by Crippen LogP contribution is 2.27. The van der Waals surface area contributed by atoms with Crippen molar-refractivity contribution in [2.24, 2.45) is 11.7 Å². The SMILES string of the molecule is NC(=O)[CH]C1CCC1. The number of hydrogen-bond acceptors (Lipinski definition) is 1. The topological polar surface area (TPSA) is 43.1 Å². The molecule has 0 heterocycles. The van der Waals surface area contributed by atoms with E-state index in [4.69, 9.17) is 5.73 Å². The van der Waals surface area contributed by atoms with Gasteiger partial charge in [0.2, 0.25) is 5.91 Å². The number of carbonyl (C=O) groups excluding carboxylic acids is 1. The molecule has 2 N–H and O–H groups in total. The lowest BCUT2D eigenvalue weighted by atomic mass is 9.83. The van der Waals surface area contributed by atoms with E-state index in [1.54, 1.807) is 6.42 Å². The molecule has 1 amide bonds. The van der Waals surface area contributed by atoms with Crippen molar-refractivity contribution in [1.82, 2.24) is 0 Å². The molecule has 0 atom stereocenters. The second kappa shape index (κ2) is 2.16. The lowest BCUT2D eigenvalue weighted by Crippen LogP contribution is -2.21. The number of amides is 1. The Morgan fingerprint density at radius 1 is 1.62 bits per heavy atom. The van der Waals surface area contributed by atoms with Gasteiger partial charge < -0.3 is 5.73 Å². The maximum atomic E-state index is 10.2. The predicted molar refractivity (Wildman–Crippen MR) is 30.8 cm³/mol. The molecule has 8 heavy (non-hydrogen) atoms. The van der Waals surface area contributed by atoms with Gasteiger partial charge in [-0.3, -0.25) is 4.79 Å². The largest absolute Gasteiger partial charge is 0.369 e. The highest BCUT2D eigenvalue weighted by Gasteiger charge is 2.19. The zero-order valence-corrected chi connectivity index (χ0v) is 4.76. The fraction of sp³-hybridized carbons (Fsp3) is 0.667. The Morgan fingerprint density at radius 2 is 2.25 bits per heavy atom. The smallest absolute Gasteiger partial charge is 0.221 e. The summed E-state index contributed by atoms with van der Waals surface area (Å²) in [6, 6.07) is 0. The summed E-state index contributed by atoms with van der Waals surface area (Å²) < 4.78 is 0. The Kier molecular flexibility index (Phi) is 1.51. The first kappa shape index (κ1) is 5.60. The minimum atomic E-state index is -0.269. The average molecular weight is 112 g/mol. The van der Waals surface area contributed by atoms with Gasteiger partial charge in [-0.1, -0.05) is 6.42 Å². The molecule has 0 unspecified atom stereocenters. The minimum Gasteiger partial charge on any atom is -0.369 e. The summed E-state index contributed by atoms with van der Waals surface area (Å²) in [7, 11) is 0. The van der Waals surface area contributed by atoms with Gasteiger partial charge in [-0.2, -0.15) is 0 Å². The van der Waals surface area contributed by atoms with Crippen LogP contribution in [0.5, 0.6) is 0 Å². The molecule has 1 rings (SSSR count). The van der Waals surface area contributed by atoms with Gasteiger partial charge in [-0.25, -0.2) is 0 Å².